The maximum Gasteiger partial charge on any atom is 0.242 e. The van der Waals surface area contributed by atoms with Crippen LogP contribution in [0.1, 0.15) is 16.4 Å². The molecule has 1 amide bonds. The van der Waals surface area contributed by atoms with Crippen LogP contribution in [0.15, 0.2) is 83.8 Å². The average Bonchev–Trinajstić information content (AvgIpc) is 2.64. The van der Waals surface area contributed by atoms with Gasteiger partial charge < -0.3 is 10.4 Å². The Bertz CT molecular complexity index is 850. The second-order valence-corrected chi connectivity index (χ2v) is 6.91. The van der Waals surface area contributed by atoms with Gasteiger partial charge in [-0.15, -0.1) is 11.8 Å². The summed E-state index contributed by atoms with van der Waals surface area (Å²) in [5.41, 5.74) is 2.32. The lowest BCUT2D eigenvalue weighted by atomic mass is 10.1. The minimum Gasteiger partial charge on any atom is -0.506 e. The number of amides is 1. The summed E-state index contributed by atoms with van der Waals surface area (Å²) in [6.45, 7) is 1.92. The predicted molar refractivity (Wildman–Crippen MR) is 103 cm³/mol. The number of anilines is 1. The van der Waals surface area contributed by atoms with Crippen molar-refractivity contribution in [1.29, 1.82) is 0 Å². The highest BCUT2D eigenvalue weighted by atomic mass is 32.2. The number of carbonyl (C=O) groups excluding carboxylic acids is 1. The lowest BCUT2D eigenvalue weighted by molar-refractivity contribution is -0.115. The third-order valence-electron chi connectivity index (χ3n) is 3.75. The van der Waals surface area contributed by atoms with Gasteiger partial charge in [-0.25, -0.2) is 0 Å². The van der Waals surface area contributed by atoms with E-state index in [1.165, 1.54) is 11.8 Å². The van der Waals surface area contributed by atoms with Crippen LogP contribution in [0.5, 0.6) is 5.75 Å². The quantitative estimate of drug-likeness (QED) is 0.493. The molecule has 0 bridgehead atoms. The summed E-state index contributed by atoms with van der Waals surface area (Å²) in [7, 11) is 0. The number of rotatable bonds is 5. The number of carbonyl (C=O) groups is 1. The van der Waals surface area contributed by atoms with Crippen LogP contribution in [0.4, 0.5) is 5.69 Å². The Morgan fingerprint density at radius 3 is 2.28 bits per heavy atom. The highest BCUT2D eigenvalue weighted by Crippen LogP contribution is 2.37. The van der Waals surface area contributed by atoms with Gasteiger partial charge in [-0.1, -0.05) is 54.6 Å². The number of aromatic hydroxyl groups is 1. The molecule has 3 nitrogen and oxygen atoms in total. The van der Waals surface area contributed by atoms with Crippen molar-refractivity contribution in [2.24, 2.45) is 0 Å². The van der Waals surface area contributed by atoms with E-state index < -0.39 is 5.25 Å². The van der Waals surface area contributed by atoms with Gasteiger partial charge in [0.2, 0.25) is 5.91 Å². The number of hydrogen-bond donors (Lipinski definition) is 2. The molecule has 3 aromatic rings. The van der Waals surface area contributed by atoms with Crippen molar-refractivity contribution in [3.8, 4) is 5.75 Å². The van der Waals surface area contributed by atoms with E-state index >= 15 is 0 Å². The molecule has 2 N–H and O–H groups in total. The van der Waals surface area contributed by atoms with Crippen molar-refractivity contribution in [3.63, 3.8) is 0 Å². The molecule has 3 rings (SSSR count). The predicted octanol–water partition coefficient (Wildman–Crippen LogP) is 5.17. The molecular weight excluding hydrogens is 330 g/mol. The summed E-state index contributed by atoms with van der Waals surface area (Å²) in [5, 5.41) is 12.5. The summed E-state index contributed by atoms with van der Waals surface area (Å²) in [6, 6.07) is 24.6. The van der Waals surface area contributed by atoms with Crippen molar-refractivity contribution < 1.29 is 9.90 Å². The maximum atomic E-state index is 12.9. The first-order valence-corrected chi connectivity index (χ1v) is 8.88. The average molecular weight is 349 g/mol. The molecule has 0 radical (unpaired) electrons. The molecule has 4 heteroatoms. The van der Waals surface area contributed by atoms with Gasteiger partial charge >= 0.3 is 0 Å². The zero-order chi connectivity index (χ0) is 17.6. The molecule has 1 unspecified atom stereocenters. The largest absolute Gasteiger partial charge is 0.506 e. The van der Waals surface area contributed by atoms with E-state index in [0.29, 0.717) is 5.69 Å². The monoisotopic (exact) mass is 349 g/mol. The first-order valence-electron chi connectivity index (χ1n) is 8.00. The van der Waals surface area contributed by atoms with Crippen molar-refractivity contribution in [2.75, 3.05) is 5.32 Å². The zero-order valence-electron chi connectivity index (χ0n) is 13.8. The number of nitrogens with one attached hydrogen (secondary N) is 1. The van der Waals surface area contributed by atoms with Crippen LogP contribution in [0.25, 0.3) is 0 Å². The van der Waals surface area contributed by atoms with Gasteiger partial charge in [-0.05, 0) is 42.3 Å². The van der Waals surface area contributed by atoms with E-state index in [9.17, 15) is 9.90 Å². The first kappa shape index (κ1) is 17.1. The van der Waals surface area contributed by atoms with Crippen molar-refractivity contribution >= 4 is 23.4 Å². The fourth-order valence-corrected chi connectivity index (χ4v) is 3.53. The molecule has 0 heterocycles. The van der Waals surface area contributed by atoms with Crippen molar-refractivity contribution in [3.05, 3.63) is 90.0 Å². The number of aryl methyl sites for hydroxylation is 1. The van der Waals surface area contributed by atoms with Crippen LogP contribution in [0, 0.1) is 6.92 Å². The van der Waals surface area contributed by atoms with E-state index in [1.807, 2.05) is 67.6 Å². The Labute approximate surface area is 151 Å². The molecule has 0 aliphatic rings. The number of hydrogen-bond acceptors (Lipinski definition) is 3. The van der Waals surface area contributed by atoms with Gasteiger partial charge in [0.1, 0.15) is 11.0 Å². The van der Waals surface area contributed by atoms with Crippen LogP contribution in [-0.2, 0) is 4.79 Å². The van der Waals surface area contributed by atoms with Crippen LogP contribution in [-0.4, -0.2) is 11.0 Å². The van der Waals surface area contributed by atoms with Crippen LogP contribution in [0.2, 0.25) is 0 Å². The van der Waals surface area contributed by atoms with E-state index in [4.69, 9.17) is 0 Å². The molecule has 0 aliphatic heterocycles. The summed E-state index contributed by atoms with van der Waals surface area (Å²) in [5.74, 6) is -0.101. The lowest BCUT2D eigenvalue weighted by Gasteiger charge is -2.18. The Kier molecular flexibility index (Phi) is 5.41. The maximum absolute atomic E-state index is 12.9. The van der Waals surface area contributed by atoms with Crippen molar-refractivity contribution in [1.82, 2.24) is 0 Å². The molecule has 126 valence electrons. The standard InChI is InChI=1S/C21H19NO2S/c1-15-12-13-19(23)18(14-15)22-21(24)20(16-8-4-2-5-9-16)25-17-10-6-3-7-11-17/h2-14,20,23H,1H3,(H,22,24). The highest BCUT2D eigenvalue weighted by Gasteiger charge is 2.22. The van der Waals surface area contributed by atoms with Gasteiger partial charge in [0.15, 0.2) is 0 Å². The molecule has 0 aliphatic carbocycles. The van der Waals surface area contributed by atoms with E-state index in [-0.39, 0.29) is 11.7 Å². The third-order valence-corrected chi connectivity index (χ3v) is 5.01. The van der Waals surface area contributed by atoms with E-state index in [1.54, 1.807) is 18.2 Å². The number of thioether (sulfide) groups is 1. The Hall–Kier alpha value is -2.72. The summed E-state index contributed by atoms with van der Waals surface area (Å²) < 4.78 is 0. The van der Waals surface area contributed by atoms with E-state index in [0.717, 1.165) is 16.0 Å². The topological polar surface area (TPSA) is 49.3 Å². The lowest BCUT2D eigenvalue weighted by Crippen LogP contribution is -2.19. The van der Waals surface area contributed by atoms with Gasteiger partial charge in [0.25, 0.3) is 0 Å². The second kappa shape index (κ2) is 7.90. The third kappa shape index (κ3) is 4.43. The Morgan fingerprint density at radius 2 is 1.60 bits per heavy atom. The highest BCUT2D eigenvalue weighted by molar-refractivity contribution is 8.00. The molecule has 0 saturated carbocycles. The number of phenolic OH excluding ortho intramolecular Hbond substituents is 1. The minimum absolute atomic E-state index is 0.0653. The van der Waals surface area contributed by atoms with Crippen LogP contribution < -0.4 is 5.32 Å². The molecule has 0 saturated heterocycles. The van der Waals surface area contributed by atoms with Crippen LogP contribution >= 0.6 is 11.8 Å². The normalized spacial score (nSPS) is 11.7. The first-order chi connectivity index (χ1) is 12.1. The van der Waals surface area contributed by atoms with Crippen LogP contribution in [0.3, 0.4) is 0 Å². The van der Waals surface area contributed by atoms with Gasteiger partial charge in [0.05, 0.1) is 5.69 Å². The minimum atomic E-state index is -0.413. The fraction of sp³-hybridized carbons (Fsp3) is 0.0952. The molecule has 1 atom stereocenters. The molecule has 0 fully saturated rings. The zero-order valence-corrected chi connectivity index (χ0v) is 14.7. The smallest absolute Gasteiger partial charge is 0.242 e. The molecule has 3 aromatic carbocycles. The molecular formula is C21H19NO2S. The SMILES string of the molecule is Cc1ccc(O)c(NC(=O)C(Sc2ccccc2)c2ccccc2)c1. The second-order valence-electron chi connectivity index (χ2n) is 5.73. The van der Waals surface area contributed by atoms with E-state index in [2.05, 4.69) is 5.32 Å². The van der Waals surface area contributed by atoms with Gasteiger partial charge in [-0.3, -0.25) is 4.79 Å². The fourth-order valence-electron chi connectivity index (χ4n) is 2.48. The van der Waals surface area contributed by atoms with Gasteiger partial charge in [-0.2, -0.15) is 0 Å². The summed E-state index contributed by atoms with van der Waals surface area (Å²) in [6.07, 6.45) is 0. The Morgan fingerprint density at radius 1 is 0.960 bits per heavy atom. The molecule has 0 aromatic heterocycles. The molecule has 0 spiro atoms. The van der Waals surface area contributed by atoms with Crippen molar-refractivity contribution in [2.45, 2.75) is 17.1 Å². The molecule has 25 heavy (non-hydrogen) atoms. The summed E-state index contributed by atoms with van der Waals surface area (Å²) >= 11 is 1.49. The number of phenols is 1. The Balaban J connectivity index is 1.88. The van der Waals surface area contributed by atoms with Gasteiger partial charge in [0, 0.05) is 4.90 Å². The number of benzene rings is 3. The summed E-state index contributed by atoms with van der Waals surface area (Å²) in [4.78, 5) is 14.0.